The molecule has 0 unspecified atom stereocenters. The normalized spacial score (nSPS) is 33.3. The fourth-order valence-electron chi connectivity index (χ4n) is 2.22. The topological polar surface area (TPSA) is 46.2 Å². The summed E-state index contributed by atoms with van der Waals surface area (Å²) in [6, 6.07) is 0. The molecule has 0 radical (unpaired) electrons. The third-order valence-electron chi connectivity index (χ3n) is 3.10. The first-order chi connectivity index (χ1) is 6.33. The standard InChI is InChI=1S/C8H13F2NO2S/c9-8(10)5-7(11-6-8)1-3-14(12,13)4-2-7/h11H,1-6H2. The lowest BCUT2D eigenvalue weighted by atomic mass is 9.90. The molecular formula is C8H13F2NO2S. The number of halogens is 2. The molecule has 0 saturated carbocycles. The van der Waals surface area contributed by atoms with E-state index in [1.165, 1.54) is 0 Å². The monoisotopic (exact) mass is 225 g/mol. The van der Waals surface area contributed by atoms with E-state index in [4.69, 9.17) is 0 Å². The summed E-state index contributed by atoms with van der Waals surface area (Å²) in [5, 5.41) is 2.79. The molecule has 0 aromatic rings. The van der Waals surface area contributed by atoms with Gasteiger partial charge < -0.3 is 5.32 Å². The molecule has 6 heteroatoms. The van der Waals surface area contributed by atoms with Gasteiger partial charge in [-0.3, -0.25) is 0 Å². The fraction of sp³-hybridized carbons (Fsp3) is 1.00. The van der Waals surface area contributed by atoms with Crippen molar-refractivity contribution in [3.8, 4) is 0 Å². The first-order valence-electron chi connectivity index (χ1n) is 4.66. The van der Waals surface area contributed by atoms with Gasteiger partial charge in [0.05, 0.1) is 18.1 Å². The molecule has 1 N–H and O–H groups in total. The SMILES string of the molecule is O=S1(=O)CCC2(CC1)CC(F)(F)CN2. The number of sulfone groups is 1. The highest BCUT2D eigenvalue weighted by atomic mass is 32.2. The van der Waals surface area contributed by atoms with Gasteiger partial charge in [0.25, 0.3) is 5.92 Å². The maximum Gasteiger partial charge on any atom is 0.262 e. The summed E-state index contributed by atoms with van der Waals surface area (Å²) in [5.41, 5.74) is -0.616. The Bertz CT molecular complexity index is 325. The molecule has 3 nitrogen and oxygen atoms in total. The van der Waals surface area contributed by atoms with E-state index < -0.39 is 21.3 Å². The molecule has 2 aliphatic rings. The molecule has 0 aromatic heterocycles. The van der Waals surface area contributed by atoms with Crippen LogP contribution in [-0.4, -0.2) is 37.9 Å². The van der Waals surface area contributed by atoms with Gasteiger partial charge in [0, 0.05) is 12.0 Å². The van der Waals surface area contributed by atoms with Gasteiger partial charge in [0.15, 0.2) is 0 Å². The molecule has 1 spiro atoms. The predicted molar refractivity (Wildman–Crippen MR) is 48.2 cm³/mol. The minimum Gasteiger partial charge on any atom is -0.305 e. The van der Waals surface area contributed by atoms with Gasteiger partial charge in [-0.05, 0) is 12.8 Å². The van der Waals surface area contributed by atoms with Crippen molar-refractivity contribution in [1.29, 1.82) is 0 Å². The van der Waals surface area contributed by atoms with Gasteiger partial charge in [-0.2, -0.15) is 0 Å². The number of nitrogens with one attached hydrogen (secondary N) is 1. The highest BCUT2D eigenvalue weighted by Gasteiger charge is 2.50. The van der Waals surface area contributed by atoms with Gasteiger partial charge in [0.2, 0.25) is 0 Å². The Hall–Kier alpha value is -0.230. The molecular weight excluding hydrogens is 212 g/mol. The van der Waals surface area contributed by atoms with Crippen LogP contribution in [0.1, 0.15) is 19.3 Å². The average Bonchev–Trinajstić information content (AvgIpc) is 2.36. The first kappa shape index (κ1) is 10.3. The van der Waals surface area contributed by atoms with E-state index in [1.807, 2.05) is 0 Å². The molecule has 2 aliphatic heterocycles. The van der Waals surface area contributed by atoms with Crippen molar-refractivity contribution < 1.29 is 17.2 Å². The Kier molecular flexibility index (Phi) is 2.12. The van der Waals surface area contributed by atoms with Crippen LogP contribution < -0.4 is 5.32 Å². The molecule has 0 bridgehead atoms. The Labute approximate surface area is 81.8 Å². The summed E-state index contributed by atoms with van der Waals surface area (Å²) < 4.78 is 48.2. The van der Waals surface area contributed by atoms with E-state index in [9.17, 15) is 17.2 Å². The van der Waals surface area contributed by atoms with Crippen LogP contribution in [-0.2, 0) is 9.84 Å². The number of hydrogen-bond acceptors (Lipinski definition) is 3. The van der Waals surface area contributed by atoms with Gasteiger partial charge in [-0.1, -0.05) is 0 Å². The van der Waals surface area contributed by atoms with Crippen molar-refractivity contribution in [1.82, 2.24) is 5.32 Å². The second kappa shape index (κ2) is 2.88. The Balaban J connectivity index is 2.08. The molecule has 0 aromatic carbocycles. The first-order valence-corrected chi connectivity index (χ1v) is 6.48. The average molecular weight is 225 g/mol. The van der Waals surface area contributed by atoms with Crippen LogP contribution in [0.3, 0.4) is 0 Å². The molecule has 2 heterocycles. The summed E-state index contributed by atoms with van der Waals surface area (Å²) >= 11 is 0. The van der Waals surface area contributed by atoms with Crippen LogP contribution in [0.2, 0.25) is 0 Å². The summed E-state index contributed by atoms with van der Waals surface area (Å²) in [6.07, 6.45) is 0.436. The third-order valence-corrected chi connectivity index (χ3v) is 4.75. The van der Waals surface area contributed by atoms with Crippen molar-refractivity contribution in [2.75, 3.05) is 18.1 Å². The predicted octanol–water partition coefficient (Wildman–Crippen LogP) is 0.562. The van der Waals surface area contributed by atoms with Crippen molar-refractivity contribution in [2.45, 2.75) is 30.7 Å². The zero-order valence-electron chi connectivity index (χ0n) is 7.72. The maximum atomic E-state index is 13.0. The summed E-state index contributed by atoms with van der Waals surface area (Å²) in [6.45, 7) is -0.312. The van der Waals surface area contributed by atoms with Crippen molar-refractivity contribution in [3.63, 3.8) is 0 Å². The number of alkyl halides is 2. The van der Waals surface area contributed by atoms with Crippen LogP contribution in [0.25, 0.3) is 0 Å². The molecule has 0 amide bonds. The van der Waals surface area contributed by atoms with Gasteiger partial charge in [-0.25, -0.2) is 17.2 Å². The summed E-state index contributed by atoms with van der Waals surface area (Å²) in [7, 11) is -2.97. The van der Waals surface area contributed by atoms with E-state index in [2.05, 4.69) is 5.32 Å². The third kappa shape index (κ3) is 1.91. The number of rotatable bonds is 0. The van der Waals surface area contributed by atoms with Crippen molar-refractivity contribution >= 4 is 9.84 Å². The molecule has 14 heavy (non-hydrogen) atoms. The maximum absolute atomic E-state index is 13.0. The Morgan fingerprint density at radius 2 is 1.71 bits per heavy atom. The lowest BCUT2D eigenvalue weighted by Gasteiger charge is -2.32. The Morgan fingerprint density at radius 1 is 1.14 bits per heavy atom. The fourth-order valence-corrected chi connectivity index (χ4v) is 3.83. The molecule has 2 fully saturated rings. The highest BCUT2D eigenvalue weighted by molar-refractivity contribution is 7.91. The smallest absolute Gasteiger partial charge is 0.262 e. The summed E-state index contributed by atoms with van der Waals surface area (Å²) in [4.78, 5) is 0. The quantitative estimate of drug-likeness (QED) is 0.655. The van der Waals surface area contributed by atoms with Gasteiger partial charge in [-0.15, -0.1) is 0 Å². The van der Waals surface area contributed by atoms with Crippen LogP contribution in [0.15, 0.2) is 0 Å². The van der Waals surface area contributed by atoms with Gasteiger partial charge >= 0.3 is 0 Å². The number of hydrogen-bond donors (Lipinski definition) is 1. The van der Waals surface area contributed by atoms with E-state index in [0.717, 1.165) is 0 Å². The molecule has 0 aliphatic carbocycles. The second-order valence-electron chi connectivity index (χ2n) is 4.32. The Morgan fingerprint density at radius 3 is 2.14 bits per heavy atom. The van der Waals surface area contributed by atoms with Crippen LogP contribution in [0, 0.1) is 0 Å². The second-order valence-corrected chi connectivity index (χ2v) is 6.62. The largest absolute Gasteiger partial charge is 0.305 e. The van der Waals surface area contributed by atoms with Crippen molar-refractivity contribution in [2.24, 2.45) is 0 Å². The minimum atomic E-state index is -2.97. The lowest BCUT2D eigenvalue weighted by Crippen LogP contribution is -2.46. The lowest BCUT2D eigenvalue weighted by molar-refractivity contribution is 0.0150. The van der Waals surface area contributed by atoms with Crippen LogP contribution >= 0.6 is 0 Å². The molecule has 0 atom stereocenters. The highest BCUT2D eigenvalue weighted by Crippen LogP contribution is 2.39. The zero-order valence-corrected chi connectivity index (χ0v) is 8.54. The van der Waals surface area contributed by atoms with E-state index in [-0.39, 0.29) is 24.5 Å². The molecule has 2 rings (SSSR count). The van der Waals surface area contributed by atoms with E-state index in [0.29, 0.717) is 12.8 Å². The van der Waals surface area contributed by atoms with Crippen LogP contribution in [0.5, 0.6) is 0 Å². The van der Waals surface area contributed by atoms with E-state index in [1.54, 1.807) is 0 Å². The van der Waals surface area contributed by atoms with Crippen LogP contribution in [0.4, 0.5) is 8.78 Å². The van der Waals surface area contributed by atoms with E-state index >= 15 is 0 Å². The molecule has 2 saturated heterocycles. The summed E-state index contributed by atoms with van der Waals surface area (Å²) in [5.74, 6) is -2.59. The van der Waals surface area contributed by atoms with Gasteiger partial charge in [0.1, 0.15) is 9.84 Å². The minimum absolute atomic E-state index is 0.0378. The van der Waals surface area contributed by atoms with Crippen molar-refractivity contribution in [3.05, 3.63) is 0 Å². The molecule has 82 valence electrons. The zero-order chi connectivity index (χ0) is 10.4.